The maximum absolute atomic E-state index is 14.1. The molecular formula is C55H72N4O8Si. The zero-order valence-corrected chi connectivity index (χ0v) is 42.3. The lowest BCUT2D eigenvalue weighted by atomic mass is 9.84. The van der Waals surface area contributed by atoms with E-state index in [2.05, 4.69) is 67.6 Å². The fourth-order valence-electron chi connectivity index (χ4n) is 8.93. The highest BCUT2D eigenvalue weighted by molar-refractivity contribution is 6.74. The van der Waals surface area contributed by atoms with E-state index in [1.54, 1.807) is 53.4 Å². The number of ether oxygens (including phenoxy) is 3. The number of esters is 1. The lowest BCUT2D eigenvalue weighted by molar-refractivity contribution is -0.177. The van der Waals surface area contributed by atoms with Crippen molar-refractivity contribution in [3.63, 3.8) is 0 Å². The van der Waals surface area contributed by atoms with Gasteiger partial charge in [-0.05, 0) is 118 Å². The third kappa shape index (κ3) is 12.2. The van der Waals surface area contributed by atoms with Gasteiger partial charge in [0.25, 0.3) is 5.91 Å². The minimum absolute atomic E-state index is 0.108. The summed E-state index contributed by atoms with van der Waals surface area (Å²) in [4.78, 5) is 45.9. The minimum Gasteiger partial charge on any atom is -0.487 e. The second-order valence-electron chi connectivity index (χ2n) is 21.0. The average Bonchev–Trinajstić information content (AvgIpc) is 3.32. The van der Waals surface area contributed by atoms with Crippen molar-refractivity contribution in [3.8, 4) is 5.75 Å². The zero-order chi connectivity index (χ0) is 48.7. The van der Waals surface area contributed by atoms with E-state index in [1.165, 1.54) is 0 Å². The van der Waals surface area contributed by atoms with Crippen LogP contribution in [-0.2, 0) is 30.9 Å². The van der Waals surface area contributed by atoms with Crippen molar-refractivity contribution in [1.82, 2.24) is 15.1 Å². The molecule has 3 unspecified atom stereocenters. The molecule has 0 radical (unpaired) electrons. The topological polar surface area (TPSA) is 139 Å². The summed E-state index contributed by atoms with van der Waals surface area (Å²) in [5, 5.41) is 18.8. The summed E-state index contributed by atoms with van der Waals surface area (Å²) < 4.78 is 25.7. The van der Waals surface area contributed by atoms with Gasteiger partial charge < -0.3 is 39.3 Å². The number of carbonyl (C=O) groups is 3. The van der Waals surface area contributed by atoms with E-state index < -0.39 is 37.7 Å². The van der Waals surface area contributed by atoms with Crippen LogP contribution in [0.1, 0.15) is 112 Å². The Labute approximate surface area is 404 Å². The van der Waals surface area contributed by atoms with Gasteiger partial charge in [-0.3, -0.25) is 9.69 Å². The quantitative estimate of drug-likeness (QED) is 0.0502. The fraction of sp³-hybridized carbons (Fsp3) is 0.473. The number of hydrogen-bond acceptors (Lipinski definition) is 10. The van der Waals surface area contributed by atoms with E-state index in [0.717, 1.165) is 54.1 Å². The second kappa shape index (κ2) is 21.4. The first-order valence-electron chi connectivity index (χ1n) is 24.3. The van der Waals surface area contributed by atoms with Crippen molar-refractivity contribution >= 4 is 38.1 Å². The number of nitrogens with zero attached hydrogens (tertiary/aromatic N) is 2. The van der Waals surface area contributed by atoms with Crippen LogP contribution in [0.15, 0.2) is 103 Å². The van der Waals surface area contributed by atoms with Gasteiger partial charge in [-0.1, -0.05) is 112 Å². The Bertz CT molecular complexity index is 2390. The van der Waals surface area contributed by atoms with E-state index in [0.29, 0.717) is 56.8 Å². The molecule has 4 aromatic rings. The molecule has 0 spiro atoms. The predicted octanol–water partition coefficient (Wildman–Crippen LogP) is 10.1. The first-order chi connectivity index (χ1) is 32.3. The van der Waals surface area contributed by atoms with E-state index in [-0.39, 0.29) is 35.1 Å². The van der Waals surface area contributed by atoms with Crippen LogP contribution in [0, 0.1) is 5.92 Å². The summed E-state index contributed by atoms with van der Waals surface area (Å²) in [7, 11) is -2.41. The van der Waals surface area contributed by atoms with Crippen LogP contribution in [-0.4, -0.2) is 98.7 Å². The van der Waals surface area contributed by atoms with Crippen molar-refractivity contribution in [2.24, 2.45) is 5.92 Å². The minimum atomic E-state index is -2.41. The number of unbranched alkanes of at least 4 members (excludes halogenated alkanes) is 1. The molecule has 364 valence electrons. The molecule has 4 aromatic carbocycles. The molecule has 0 saturated carbocycles. The van der Waals surface area contributed by atoms with Gasteiger partial charge in [0.2, 0.25) is 5.60 Å². The number of rotatable bonds is 18. The van der Waals surface area contributed by atoms with Crippen molar-refractivity contribution in [3.05, 3.63) is 137 Å². The molecule has 4 heterocycles. The Kier molecular flexibility index (Phi) is 15.9. The van der Waals surface area contributed by atoms with Crippen LogP contribution >= 0.6 is 0 Å². The van der Waals surface area contributed by atoms with E-state index >= 15 is 0 Å². The third-order valence-corrected chi connectivity index (χ3v) is 18.3. The molecule has 3 saturated heterocycles. The molecular weight excluding hydrogens is 873 g/mol. The van der Waals surface area contributed by atoms with Crippen LogP contribution in [0.5, 0.6) is 5.75 Å². The van der Waals surface area contributed by atoms with Gasteiger partial charge >= 0.3 is 12.1 Å². The molecule has 3 atom stereocenters. The number of anilines is 1. The lowest BCUT2D eigenvalue weighted by Gasteiger charge is -2.44. The standard InChI is InChI=1S/C55H72N4O8Si/c1-53(2,3)66-52(62)59(37-48(67-68(7,8)54(4,5)6)44-26-27-46(49-45(44)25-18-31-56-49)64-38-39-19-11-9-12-20-39)32-16-15-30-57-50(60)41-21-17-24-43(35-41)55(63,42-22-13-10-14-23-42)51(61)65-47-36-58-33-28-40(47)29-34-58/h9-14,17-27,35,40,47-48,56,63H,15-16,28-34,36-38H2,1-8H3,(H,57,60). The van der Waals surface area contributed by atoms with Crippen molar-refractivity contribution in [2.75, 3.05) is 51.1 Å². The highest BCUT2D eigenvalue weighted by Crippen LogP contribution is 2.44. The molecule has 0 aliphatic carbocycles. The molecule has 3 fully saturated rings. The summed E-state index contributed by atoms with van der Waals surface area (Å²) in [5.41, 5.74) is 1.97. The number of benzene rings is 4. The largest absolute Gasteiger partial charge is 0.487 e. The maximum Gasteiger partial charge on any atom is 0.410 e. The number of aliphatic hydroxyl groups is 1. The van der Waals surface area contributed by atoms with Crippen molar-refractivity contribution in [2.45, 2.75) is 115 Å². The molecule has 2 amide bonds. The van der Waals surface area contributed by atoms with E-state index in [4.69, 9.17) is 18.6 Å². The molecule has 3 N–H and O–H groups in total. The van der Waals surface area contributed by atoms with Gasteiger partial charge in [0, 0.05) is 42.9 Å². The Morgan fingerprint density at radius 2 is 1.57 bits per heavy atom. The molecule has 2 bridgehead atoms. The molecule has 8 rings (SSSR count). The second-order valence-corrected chi connectivity index (χ2v) is 25.8. The van der Waals surface area contributed by atoms with Gasteiger partial charge in [-0.25, -0.2) is 9.59 Å². The average molecular weight is 945 g/mol. The van der Waals surface area contributed by atoms with Crippen LogP contribution < -0.4 is 15.4 Å². The Balaban J connectivity index is 1.06. The Morgan fingerprint density at radius 3 is 2.24 bits per heavy atom. The van der Waals surface area contributed by atoms with E-state index in [1.807, 2.05) is 63.2 Å². The van der Waals surface area contributed by atoms with Crippen LogP contribution in [0.4, 0.5) is 10.5 Å². The third-order valence-electron chi connectivity index (χ3n) is 13.8. The van der Waals surface area contributed by atoms with Crippen LogP contribution in [0.2, 0.25) is 18.1 Å². The summed E-state index contributed by atoms with van der Waals surface area (Å²) in [5.74, 6) is -0.0836. The SMILES string of the molecule is CC(C)(C)OC(=O)N(CCCCNC(=O)c1cccc(C(O)(C(=O)OC2CN3CCC2CC3)c2ccccc2)c1)CC(O[Si](C)(C)C(C)(C)C)c1ccc(OCc2ccccc2)c2c1C=CCN2. The predicted molar refractivity (Wildman–Crippen MR) is 270 cm³/mol. The first-order valence-corrected chi connectivity index (χ1v) is 27.2. The highest BCUT2D eigenvalue weighted by Gasteiger charge is 2.46. The highest BCUT2D eigenvalue weighted by atomic mass is 28.4. The van der Waals surface area contributed by atoms with Gasteiger partial charge in [-0.15, -0.1) is 0 Å². The molecule has 68 heavy (non-hydrogen) atoms. The summed E-state index contributed by atoms with van der Waals surface area (Å²) in [6.45, 7) is 21.3. The molecule has 12 nitrogen and oxygen atoms in total. The normalized spacial score (nSPS) is 19.2. The number of piperidine rings is 3. The number of fused-ring (bicyclic) bond motifs is 4. The lowest BCUT2D eigenvalue weighted by Crippen LogP contribution is -2.53. The monoisotopic (exact) mass is 945 g/mol. The van der Waals surface area contributed by atoms with Gasteiger partial charge in [0.05, 0.1) is 18.3 Å². The number of amides is 2. The number of nitrogens with one attached hydrogen (secondary N) is 2. The molecule has 13 heteroatoms. The van der Waals surface area contributed by atoms with Crippen molar-refractivity contribution in [1.29, 1.82) is 0 Å². The van der Waals surface area contributed by atoms with E-state index in [9.17, 15) is 19.5 Å². The zero-order valence-electron chi connectivity index (χ0n) is 41.3. The first kappa shape index (κ1) is 50.4. The summed E-state index contributed by atoms with van der Waals surface area (Å²) in [6, 6.07) is 29.5. The van der Waals surface area contributed by atoms with Crippen LogP contribution in [0.25, 0.3) is 6.08 Å². The van der Waals surface area contributed by atoms with Crippen molar-refractivity contribution < 1.29 is 38.1 Å². The molecule has 4 aliphatic heterocycles. The smallest absolute Gasteiger partial charge is 0.410 e. The van der Waals surface area contributed by atoms with Gasteiger partial charge in [-0.2, -0.15) is 0 Å². The van der Waals surface area contributed by atoms with Gasteiger partial charge in [0.15, 0.2) is 8.32 Å². The van der Waals surface area contributed by atoms with Gasteiger partial charge in [0.1, 0.15) is 24.1 Å². The fourth-order valence-corrected chi connectivity index (χ4v) is 10.2. The molecule has 0 aromatic heterocycles. The Hall–Kier alpha value is -5.47. The number of carbonyl (C=O) groups excluding carboxylic acids is 3. The summed E-state index contributed by atoms with van der Waals surface area (Å²) >= 11 is 0. The van der Waals surface area contributed by atoms with Crippen LogP contribution in [0.3, 0.4) is 0 Å². The summed E-state index contributed by atoms with van der Waals surface area (Å²) in [6.07, 6.45) is 6.02. The Morgan fingerprint density at radius 1 is 0.882 bits per heavy atom. The maximum atomic E-state index is 14.1. The number of hydrogen-bond donors (Lipinski definition) is 3. The molecule has 4 aliphatic rings.